The molecule has 0 aliphatic heterocycles. The Bertz CT molecular complexity index is 1810. The molecule has 4 heteroatoms. The molecule has 0 amide bonds. The molecule has 0 spiro atoms. The molecule has 0 aliphatic carbocycles. The van der Waals surface area contributed by atoms with Crippen molar-refractivity contribution in [2.75, 3.05) is 0 Å². The van der Waals surface area contributed by atoms with Gasteiger partial charge in [-0.05, 0) is 74.8 Å². The van der Waals surface area contributed by atoms with Crippen molar-refractivity contribution in [3.8, 4) is 44.5 Å². The summed E-state index contributed by atoms with van der Waals surface area (Å²) in [6, 6.07) is 43.3. The van der Waals surface area contributed by atoms with Gasteiger partial charge in [0.15, 0.2) is 37.9 Å². The molecule has 0 aliphatic rings. The first kappa shape index (κ1) is 27.1. The molecule has 0 N–H and O–H groups in total. The van der Waals surface area contributed by atoms with E-state index in [1.54, 1.807) is 0 Å². The lowest BCUT2D eigenvalue weighted by Crippen LogP contribution is -2.32. The largest absolute Gasteiger partial charge is 0.265 e. The van der Waals surface area contributed by atoms with Crippen LogP contribution in [0.15, 0.2) is 171 Å². The van der Waals surface area contributed by atoms with Crippen molar-refractivity contribution in [2.45, 2.75) is 13.1 Å². The molecule has 0 fully saturated rings. The standard InChI is InChI=1S/C40H32N4/c1-2-39(33-8-4-31(5-9-33)29-43-24-16-37(17-25-43)35-12-20-41-21-13-35)28-40(3-1)34-10-6-32(7-11-34)30-44-26-18-38(19-27-44)36-14-22-42-23-15-36/h1-28H,29-30H2/q+2. The topological polar surface area (TPSA) is 33.5 Å². The Kier molecular flexibility index (Phi) is 7.79. The van der Waals surface area contributed by atoms with Crippen molar-refractivity contribution in [1.82, 2.24) is 9.97 Å². The van der Waals surface area contributed by atoms with Crippen molar-refractivity contribution >= 4 is 0 Å². The van der Waals surface area contributed by atoms with Crippen LogP contribution in [0, 0.1) is 0 Å². The molecule has 4 aromatic heterocycles. The Morgan fingerprint density at radius 3 is 1.07 bits per heavy atom. The Morgan fingerprint density at radius 1 is 0.341 bits per heavy atom. The van der Waals surface area contributed by atoms with E-state index in [4.69, 9.17) is 0 Å². The highest BCUT2D eigenvalue weighted by atomic mass is 14.9. The summed E-state index contributed by atoms with van der Waals surface area (Å²) in [7, 11) is 0. The molecular formula is C40H32N4+2. The van der Waals surface area contributed by atoms with E-state index in [2.05, 4.69) is 141 Å². The predicted octanol–water partition coefficient (Wildman–Crippen LogP) is 7.82. The Hall–Kier alpha value is -5.74. The number of pyridine rings is 4. The van der Waals surface area contributed by atoms with Gasteiger partial charge in [0.25, 0.3) is 0 Å². The summed E-state index contributed by atoms with van der Waals surface area (Å²) < 4.78 is 4.42. The number of aromatic nitrogens is 4. The minimum Gasteiger partial charge on any atom is -0.265 e. The first-order valence-corrected chi connectivity index (χ1v) is 14.8. The molecule has 7 rings (SSSR count). The summed E-state index contributed by atoms with van der Waals surface area (Å²) in [5.74, 6) is 0. The van der Waals surface area contributed by atoms with Gasteiger partial charge in [-0.15, -0.1) is 0 Å². The van der Waals surface area contributed by atoms with Crippen LogP contribution in [0.25, 0.3) is 44.5 Å². The fraction of sp³-hybridized carbons (Fsp3) is 0.0500. The maximum absolute atomic E-state index is 4.11. The summed E-state index contributed by atoms with van der Waals surface area (Å²) >= 11 is 0. The summed E-state index contributed by atoms with van der Waals surface area (Å²) in [5, 5.41) is 0. The van der Waals surface area contributed by atoms with Gasteiger partial charge in [0, 0.05) is 60.2 Å². The molecule has 7 aromatic rings. The SMILES string of the molecule is c1cc(-c2ccc(C[n+]3ccc(-c4ccncc4)cc3)cc2)cc(-c2ccc(C[n+]3ccc(-c4ccncc4)cc3)cc2)c1. The molecule has 0 saturated heterocycles. The lowest BCUT2D eigenvalue weighted by molar-refractivity contribution is -0.688. The highest BCUT2D eigenvalue weighted by Crippen LogP contribution is 2.27. The molecule has 4 heterocycles. The molecule has 0 atom stereocenters. The summed E-state index contributed by atoms with van der Waals surface area (Å²) in [6.45, 7) is 1.66. The van der Waals surface area contributed by atoms with Gasteiger partial charge in [-0.1, -0.05) is 66.7 Å². The van der Waals surface area contributed by atoms with Crippen LogP contribution >= 0.6 is 0 Å². The van der Waals surface area contributed by atoms with Crippen molar-refractivity contribution in [3.63, 3.8) is 0 Å². The van der Waals surface area contributed by atoms with Crippen LogP contribution in [0.2, 0.25) is 0 Å². The van der Waals surface area contributed by atoms with E-state index in [1.165, 1.54) is 55.6 Å². The number of hydrogen-bond acceptors (Lipinski definition) is 2. The van der Waals surface area contributed by atoms with E-state index < -0.39 is 0 Å². The quantitative estimate of drug-likeness (QED) is 0.175. The summed E-state index contributed by atoms with van der Waals surface area (Å²) in [5.41, 5.74) is 12.2. The smallest absolute Gasteiger partial charge is 0.173 e. The van der Waals surface area contributed by atoms with E-state index in [1.807, 2.05) is 49.1 Å². The minimum absolute atomic E-state index is 0.830. The molecule has 0 saturated carbocycles. The molecule has 210 valence electrons. The highest BCUT2D eigenvalue weighted by Gasteiger charge is 2.08. The maximum Gasteiger partial charge on any atom is 0.173 e. The third-order valence-corrected chi connectivity index (χ3v) is 7.98. The van der Waals surface area contributed by atoms with Crippen molar-refractivity contribution in [3.05, 3.63) is 182 Å². The lowest BCUT2D eigenvalue weighted by Gasteiger charge is -2.08. The van der Waals surface area contributed by atoms with Gasteiger partial charge < -0.3 is 0 Å². The monoisotopic (exact) mass is 568 g/mol. The Labute approximate surface area is 258 Å². The highest BCUT2D eigenvalue weighted by molar-refractivity contribution is 5.73. The van der Waals surface area contributed by atoms with Crippen LogP contribution in [0.5, 0.6) is 0 Å². The summed E-state index contributed by atoms with van der Waals surface area (Å²) in [4.78, 5) is 8.22. The average molecular weight is 569 g/mol. The first-order chi connectivity index (χ1) is 21.8. The minimum atomic E-state index is 0.830. The number of benzene rings is 3. The van der Waals surface area contributed by atoms with Gasteiger partial charge in [-0.2, -0.15) is 0 Å². The van der Waals surface area contributed by atoms with Crippen LogP contribution in [-0.4, -0.2) is 9.97 Å². The lowest BCUT2D eigenvalue weighted by atomic mass is 9.98. The van der Waals surface area contributed by atoms with Crippen LogP contribution in [0.3, 0.4) is 0 Å². The van der Waals surface area contributed by atoms with E-state index in [-0.39, 0.29) is 0 Å². The Morgan fingerprint density at radius 2 is 0.682 bits per heavy atom. The van der Waals surface area contributed by atoms with Crippen molar-refractivity contribution in [2.24, 2.45) is 0 Å². The number of rotatable bonds is 8. The van der Waals surface area contributed by atoms with Gasteiger partial charge in [0.05, 0.1) is 0 Å². The zero-order valence-corrected chi connectivity index (χ0v) is 24.4. The van der Waals surface area contributed by atoms with Gasteiger partial charge in [-0.3, -0.25) is 9.97 Å². The molecule has 3 aromatic carbocycles. The fourth-order valence-corrected chi connectivity index (χ4v) is 5.50. The Balaban J connectivity index is 1.000. The molecule has 4 nitrogen and oxygen atoms in total. The zero-order valence-electron chi connectivity index (χ0n) is 24.4. The van der Waals surface area contributed by atoms with Crippen LogP contribution in [0.4, 0.5) is 0 Å². The molecule has 0 bridgehead atoms. The van der Waals surface area contributed by atoms with Crippen LogP contribution in [-0.2, 0) is 13.1 Å². The summed E-state index contributed by atoms with van der Waals surface area (Å²) in [6.07, 6.45) is 15.9. The maximum atomic E-state index is 4.11. The molecule has 0 unspecified atom stereocenters. The number of hydrogen-bond donors (Lipinski definition) is 0. The number of nitrogens with zero attached hydrogens (tertiary/aromatic N) is 4. The fourth-order valence-electron chi connectivity index (χ4n) is 5.50. The van der Waals surface area contributed by atoms with Crippen molar-refractivity contribution < 1.29 is 9.13 Å². The second kappa shape index (κ2) is 12.6. The van der Waals surface area contributed by atoms with E-state index in [0.29, 0.717) is 0 Å². The molecule has 0 radical (unpaired) electrons. The van der Waals surface area contributed by atoms with Crippen LogP contribution in [0.1, 0.15) is 11.1 Å². The second-order valence-corrected chi connectivity index (χ2v) is 11.0. The van der Waals surface area contributed by atoms with Gasteiger partial charge in [-0.25, -0.2) is 9.13 Å². The third kappa shape index (κ3) is 6.35. The normalized spacial score (nSPS) is 10.9. The van der Waals surface area contributed by atoms with Gasteiger partial charge >= 0.3 is 0 Å². The predicted molar refractivity (Wildman–Crippen MR) is 175 cm³/mol. The third-order valence-electron chi connectivity index (χ3n) is 7.98. The van der Waals surface area contributed by atoms with E-state index in [0.717, 1.165) is 13.1 Å². The van der Waals surface area contributed by atoms with E-state index >= 15 is 0 Å². The second-order valence-electron chi connectivity index (χ2n) is 11.0. The van der Waals surface area contributed by atoms with Crippen molar-refractivity contribution in [1.29, 1.82) is 0 Å². The first-order valence-electron chi connectivity index (χ1n) is 14.8. The van der Waals surface area contributed by atoms with Crippen LogP contribution < -0.4 is 9.13 Å². The molecular weight excluding hydrogens is 536 g/mol. The molecule has 44 heavy (non-hydrogen) atoms. The van der Waals surface area contributed by atoms with Gasteiger partial charge in [0.1, 0.15) is 0 Å². The zero-order chi connectivity index (χ0) is 29.6. The average Bonchev–Trinajstić information content (AvgIpc) is 3.10. The van der Waals surface area contributed by atoms with E-state index in [9.17, 15) is 0 Å². The van der Waals surface area contributed by atoms with Gasteiger partial charge in [0.2, 0.25) is 0 Å².